The van der Waals surface area contributed by atoms with E-state index in [0.717, 1.165) is 34.1 Å². The maximum Gasteiger partial charge on any atom is 0.0468 e. The second kappa shape index (κ2) is 16.5. The van der Waals surface area contributed by atoms with Crippen molar-refractivity contribution in [1.82, 2.24) is 0 Å². The Bertz CT molecular complexity index is 3850. The van der Waals surface area contributed by atoms with Crippen LogP contribution in [0.15, 0.2) is 218 Å². The van der Waals surface area contributed by atoms with Gasteiger partial charge in [-0.05, 0) is 166 Å². The molecule has 0 atom stereocenters. The maximum absolute atomic E-state index is 2.44. The highest BCUT2D eigenvalue weighted by Crippen LogP contribution is 2.46. The van der Waals surface area contributed by atoms with Gasteiger partial charge in [-0.3, -0.25) is 0 Å². The molecule has 0 spiro atoms. The molecule has 2 nitrogen and oxygen atoms in total. The predicted octanol–water partition coefficient (Wildman–Crippen LogP) is 19.1. The summed E-state index contributed by atoms with van der Waals surface area (Å²) in [5, 5.41) is 14.6. The summed E-state index contributed by atoms with van der Waals surface area (Å²) in [6, 6.07) is 81.7. The molecule has 0 aliphatic rings. The summed E-state index contributed by atoms with van der Waals surface area (Å²) in [4.78, 5) is 4.80. The molecule has 0 saturated heterocycles. The van der Waals surface area contributed by atoms with Gasteiger partial charge in [0.1, 0.15) is 0 Å². The number of fused-ring (bicyclic) bond motifs is 14. The average Bonchev–Trinajstić information content (AvgIpc) is 3.75. The molecule has 0 fully saturated rings. The molecule has 67 heavy (non-hydrogen) atoms. The Morgan fingerprint density at radius 1 is 0.239 bits per heavy atom. The Labute approximate surface area is 395 Å². The molecule has 1 aromatic heterocycles. The minimum atomic E-state index is 1.10. The van der Waals surface area contributed by atoms with Gasteiger partial charge < -0.3 is 9.80 Å². The number of hydrogen-bond donors (Lipinski definition) is 0. The van der Waals surface area contributed by atoms with E-state index in [1.54, 1.807) is 0 Å². The van der Waals surface area contributed by atoms with E-state index in [4.69, 9.17) is 0 Å². The molecule has 1 heterocycles. The first-order valence-electron chi connectivity index (χ1n) is 23.2. The van der Waals surface area contributed by atoms with E-state index in [1.807, 2.05) is 11.3 Å². The summed E-state index contributed by atoms with van der Waals surface area (Å²) in [5.74, 6) is 0. The normalized spacial score (nSPS) is 11.6. The Hall–Kier alpha value is -7.98. The Morgan fingerprint density at radius 3 is 1.00 bits per heavy atom. The summed E-state index contributed by atoms with van der Waals surface area (Å²) in [6.45, 7) is 8.61. The SMILES string of the molecule is Cc1ccc(N(c2ccc(C)cc2)c2ccc3c4ccccc4c4ccc(N(c5ccc(C)cc5)c5ccc(C)cc5)cc4c4ccc5sc6ccccc6c5c4c4ccccc4c3c2)cc1. The van der Waals surface area contributed by atoms with Crippen LogP contribution in [0.25, 0.3) is 74.0 Å². The van der Waals surface area contributed by atoms with Crippen molar-refractivity contribution in [3.05, 3.63) is 241 Å². The Balaban J connectivity index is 1.28. The van der Waals surface area contributed by atoms with Crippen molar-refractivity contribution in [3.8, 4) is 0 Å². The van der Waals surface area contributed by atoms with Crippen molar-refractivity contribution in [2.24, 2.45) is 0 Å². The molecule has 0 aliphatic heterocycles. The van der Waals surface area contributed by atoms with Crippen molar-refractivity contribution < 1.29 is 0 Å². The zero-order chi connectivity index (χ0) is 45.2. The number of benzene rings is 10. The van der Waals surface area contributed by atoms with E-state index < -0.39 is 0 Å². The molecule has 12 aromatic rings. The van der Waals surface area contributed by atoms with E-state index in [0.29, 0.717) is 0 Å². The minimum absolute atomic E-state index is 1.10. The quantitative estimate of drug-likeness (QED) is 0.164. The largest absolute Gasteiger partial charge is 0.310 e. The van der Waals surface area contributed by atoms with Crippen LogP contribution in [-0.4, -0.2) is 0 Å². The summed E-state index contributed by atoms with van der Waals surface area (Å²) in [7, 11) is 0. The van der Waals surface area contributed by atoms with Crippen LogP contribution < -0.4 is 9.80 Å². The van der Waals surface area contributed by atoms with Gasteiger partial charge in [0.05, 0.1) is 0 Å². The van der Waals surface area contributed by atoms with E-state index in [9.17, 15) is 0 Å². The third-order valence-electron chi connectivity index (χ3n) is 13.5. The third-order valence-corrected chi connectivity index (χ3v) is 14.7. The van der Waals surface area contributed by atoms with Gasteiger partial charge in [-0.2, -0.15) is 0 Å². The standard InChI is InChI=1S/C64H48N2S/c1-41-17-25-45(26-18-41)65(46-27-19-42(2)20-28-46)49-33-35-54-51-11-5-6-12-52(51)55-36-34-50(66(47-29-21-43(3)22-30-47)48-31-23-44(4)24-32-48)40-60(55)57-37-38-62-64(58-15-9-10-16-61(58)67-62)63(57)56-14-8-7-13-53(56)59(54)39-49/h5-40H,1-4H3. The minimum Gasteiger partial charge on any atom is -0.310 e. The van der Waals surface area contributed by atoms with Crippen LogP contribution in [0, 0.1) is 27.7 Å². The number of nitrogens with zero attached hydrogens (tertiary/aromatic N) is 2. The van der Waals surface area contributed by atoms with Gasteiger partial charge in [0.2, 0.25) is 0 Å². The van der Waals surface area contributed by atoms with E-state index in [-0.39, 0.29) is 0 Å². The first-order chi connectivity index (χ1) is 32.9. The van der Waals surface area contributed by atoms with Crippen molar-refractivity contribution in [3.63, 3.8) is 0 Å². The van der Waals surface area contributed by atoms with Crippen LogP contribution in [0.4, 0.5) is 34.1 Å². The first-order valence-corrected chi connectivity index (χ1v) is 24.0. The molecule has 0 radical (unpaired) electrons. The Morgan fingerprint density at radius 2 is 0.552 bits per heavy atom. The number of hydrogen-bond acceptors (Lipinski definition) is 3. The molecule has 0 aliphatic carbocycles. The first kappa shape index (κ1) is 40.5. The molecular weight excluding hydrogens is 829 g/mol. The maximum atomic E-state index is 2.44. The third kappa shape index (κ3) is 7.11. The second-order valence-electron chi connectivity index (χ2n) is 18.0. The van der Waals surface area contributed by atoms with Gasteiger partial charge in [-0.25, -0.2) is 0 Å². The summed E-state index contributed by atoms with van der Waals surface area (Å²) < 4.78 is 2.57. The fourth-order valence-electron chi connectivity index (χ4n) is 10.1. The van der Waals surface area contributed by atoms with E-state index >= 15 is 0 Å². The molecule has 0 amide bonds. The van der Waals surface area contributed by atoms with Crippen molar-refractivity contribution >= 4 is 119 Å². The average molecular weight is 877 g/mol. The number of rotatable bonds is 6. The highest BCUT2D eigenvalue weighted by Gasteiger charge is 2.19. The zero-order valence-corrected chi connectivity index (χ0v) is 38.9. The van der Waals surface area contributed by atoms with Crippen LogP contribution in [0.5, 0.6) is 0 Å². The molecule has 3 heteroatoms. The van der Waals surface area contributed by atoms with Crippen LogP contribution in [-0.2, 0) is 0 Å². The second-order valence-corrected chi connectivity index (χ2v) is 19.1. The van der Waals surface area contributed by atoms with Gasteiger partial charge in [0.25, 0.3) is 0 Å². The molecule has 12 rings (SSSR count). The van der Waals surface area contributed by atoms with Gasteiger partial charge in [0.15, 0.2) is 0 Å². The summed E-state index contributed by atoms with van der Waals surface area (Å²) in [5.41, 5.74) is 11.6. The molecule has 11 aromatic carbocycles. The lowest BCUT2D eigenvalue weighted by Crippen LogP contribution is -2.10. The number of aryl methyl sites for hydroxylation is 4. The smallest absolute Gasteiger partial charge is 0.0468 e. The molecule has 320 valence electrons. The Kier molecular flexibility index (Phi) is 9.96. The van der Waals surface area contributed by atoms with Crippen molar-refractivity contribution in [2.75, 3.05) is 9.80 Å². The van der Waals surface area contributed by atoms with Gasteiger partial charge in [-0.1, -0.05) is 156 Å². The molecular formula is C64H48N2S. The van der Waals surface area contributed by atoms with Gasteiger partial charge >= 0.3 is 0 Å². The highest BCUT2D eigenvalue weighted by molar-refractivity contribution is 7.26. The van der Waals surface area contributed by atoms with Crippen molar-refractivity contribution in [1.29, 1.82) is 0 Å². The van der Waals surface area contributed by atoms with E-state index in [2.05, 4.69) is 256 Å². The van der Waals surface area contributed by atoms with Crippen LogP contribution in [0.1, 0.15) is 22.3 Å². The van der Waals surface area contributed by atoms with Crippen LogP contribution >= 0.6 is 11.3 Å². The summed E-state index contributed by atoms with van der Waals surface area (Å²) in [6.07, 6.45) is 0. The molecule has 0 unspecified atom stereocenters. The van der Waals surface area contributed by atoms with Crippen LogP contribution in [0.2, 0.25) is 0 Å². The fourth-order valence-corrected chi connectivity index (χ4v) is 11.3. The lowest BCUT2D eigenvalue weighted by molar-refractivity contribution is 1.27. The van der Waals surface area contributed by atoms with Gasteiger partial charge in [-0.15, -0.1) is 11.3 Å². The number of anilines is 6. The van der Waals surface area contributed by atoms with E-state index in [1.165, 1.54) is 96.3 Å². The monoisotopic (exact) mass is 876 g/mol. The van der Waals surface area contributed by atoms with Gasteiger partial charge in [0, 0.05) is 54.3 Å². The summed E-state index contributed by atoms with van der Waals surface area (Å²) >= 11 is 1.88. The predicted molar refractivity (Wildman–Crippen MR) is 293 cm³/mol. The molecule has 0 saturated carbocycles. The lowest BCUT2D eigenvalue weighted by atomic mass is 9.92. The zero-order valence-electron chi connectivity index (χ0n) is 38.1. The fraction of sp³-hybridized carbons (Fsp3) is 0.0625. The highest BCUT2D eigenvalue weighted by atomic mass is 32.1. The number of thiophene rings is 1. The molecule has 0 bridgehead atoms. The lowest BCUT2D eigenvalue weighted by Gasteiger charge is -2.26. The topological polar surface area (TPSA) is 6.48 Å². The van der Waals surface area contributed by atoms with Crippen LogP contribution in [0.3, 0.4) is 0 Å². The molecule has 0 N–H and O–H groups in total. The van der Waals surface area contributed by atoms with Crippen molar-refractivity contribution in [2.45, 2.75) is 27.7 Å².